The van der Waals surface area contributed by atoms with Gasteiger partial charge in [-0.05, 0) is 87.4 Å². The summed E-state index contributed by atoms with van der Waals surface area (Å²) in [5.41, 5.74) is 2.56. The van der Waals surface area contributed by atoms with Crippen LogP contribution in [-0.4, -0.2) is 56.3 Å². The Balaban J connectivity index is 1.39. The van der Waals surface area contributed by atoms with E-state index in [0.717, 1.165) is 53.1 Å². The number of hydrogen-bond acceptors (Lipinski definition) is 3. The maximum atomic E-state index is 4.41. The van der Waals surface area contributed by atoms with Crippen molar-refractivity contribution in [2.75, 3.05) is 13.1 Å². The van der Waals surface area contributed by atoms with Crippen LogP contribution in [0, 0.1) is 17.3 Å². The minimum Gasteiger partial charge on any atom is -0.313 e. The van der Waals surface area contributed by atoms with Crippen LogP contribution in [-0.2, 0) is 0 Å². The highest BCUT2D eigenvalue weighted by Crippen LogP contribution is 2.68. The average molecular weight is 498 g/mol. The van der Waals surface area contributed by atoms with Crippen molar-refractivity contribution < 1.29 is 0 Å². The summed E-state index contributed by atoms with van der Waals surface area (Å²) >= 11 is 0. The lowest BCUT2D eigenvalue weighted by atomic mass is 9.45. The molecule has 3 nitrogen and oxygen atoms in total. The molecule has 3 saturated carbocycles. The normalized spacial score (nSPS) is 50.6. The van der Waals surface area contributed by atoms with E-state index < -0.39 is 8.07 Å². The van der Waals surface area contributed by atoms with Crippen molar-refractivity contribution in [1.29, 1.82) is 0 Å². The SMILES string of the molecule is C[Si]1(C)C2CCCNC2C2(C3CCCCC3N(C3CCCCC3)C3CCCCC32)C2NCCCC21. The summed E-state index contributed by atoms with van der Waals surface area (Å²) < 4.78 is 0. The lowest BCUT2D eigenvalue weighted by Crippen LogP contribution is -2.82. The number of rotatable bonds is 1. The molecule has 0 aromatic carbocycles. The fourth-order valence-corrected chi connectivity index (χ4v) is 17.3. The van der Waals surface area contributed by atoms with E-state index in [-0.39, 0.29) is 0 Å². The van der Waals surface area contributed by atoms with E-state index in [1.54, 1.807) is 12.8 Å². The van der Waals surface area contributed by atoms with Crippen LogP contribution < -0.4 is 10.6 Å². The minimum atomic E-state index is -1.33. The van der Waals surface area contributed by atoms with Crippen molar-refractivity contribution in [3.05, 3.63) is 0 Å². The van der Waals surface area contributed by atoms with Gasteiger partial charge in [0.25, 0.3) is 0 Å². The van der Waals surface area contributed by atoms with Gasteiger partial charge in [0, 0.05) is 35.6 Å². The zero-order chi connectivity index (χ0) is 23.6. The number of nitrogens with zero attached hydrogens (tertiary/aromatic N) is 1. The predicted octanol–water partition coefficient (Wildman–Crippen LogP) is 6.71. The Morgan fingerprint density at radius 3 is 1.60 bits per heavy atom. The molecule has 0 amide bonds. The van der Waals surface area contributed by atoms with Crippen LogP contribution in [0.2, 0.25) is 24.2 Å². The summed E-state index contributed by atoms with van der Waals surface area (Å²) in [6.45, 7) is 8.27. The summed E-state index contributed by atoms with van der Waals surface area (Å²) in [6, 6.07) is 4.33. The predicted molar refractivity (Wildman–Crippen MR) is 150 cm³/mol. The van der Waals surface area contributed by atoms with Gasteiger partial charge in [-0.3, -0.25) is 4.90 Å². The van der Waals surface area contributed by atoms with E-state index in [4.69, 9.17) is 0 Å². The highest BCUT2D eigenvalue weighted by molar-refractivity contribution is 6.80. The molecule has 0 bridgehead atoms. The first-order valence-corrected chi connectivity index (χ1v) is 19.5. The van der Waals surface area contributed by atoms with Crippen LogP contribution >= 0.6 is 0 Å². The van der Waals surface area contributed by atoms with Crippen molar-refractivity contribution in [3.63, 3.8) is 0 Å². The van der Waals surface area contributed by atoms with Gasteiger partial charge in [0.1, 0.15) is 0 Å². The van der Waals surface area contributed by atoms with E-state index in [2.05, 4.69) is 28.6 Å². The number of hydrogen-bond donors (Lipinski definition) is 2. The fraction of sp³-hybridized carbons (Fsp3) is 1.00. The van der Waals surface area contributed by atoms with Crippen LogP contribution in [0.15, 0.2) is 0 Å². The largest absolute Gasteiger partial charge is 0.313 e. The molecule has 35 heavy (non-hydrogen) atoms. The monoisotopic (exact) mass is 497 g/mol. The second-order valence-electron chi connectivity index (χ2n) is 14.8. The van der Waals surface area contributed by atoms with E-state index in [1.165, 1.54) is 109 Å². The molecule has 4 heteroatoms. The van der Waals surface area contributed by atoms with Gasteiger partial charge in [0.2, 0.25) is 0 Å². The molecule has 3 aliphatic carbocycles. The third kappa shape index (κ3) is 3.51. The van der Waals surface area contributed by atoms with Gasteiger partial charge in [-0.2, -0.15) is 0 Å². The minimum absolute atomic E-state index is 0.528. The molecule has 4 saturated heterocycles. The van der Waals surface area contributed by atoms with Gasteiger partial charge < -0.3 is 10.6 Å². The van der Waals surface area contributed by atoms with Crippen LogP contribution in [0.1, 0.15) is 109 Å². The topological polar surface area (TPSA) is 27.3 Å². The molecule has 7 fully saturated rings. The van der Waals surface area contributed by atoms with Crippen molar-refractivity contribution in [2.24, 2.45) is 17.3 Å². The lowest BCUT2D eigenvalue weighted by molar-refractivity contribution is -0.190. The van der Waals surface area contributed by atoms with E-state index >= 15 is 0 Å². The molecule has 4 heterocycles. The average Bonchev–Trinajstić information content (AvgIpc) is 2.92. The summed E-state index contributed by atoms with van der Waals surface area (Å²) in [6.07, 6.45) is 25.6. The summed E-state index contributed by atoms with van der Waals surface area (Å²) in [4.78, 5) is 3.31. The van der Waals surface area contributed by atoms with E-state index in [0.29, 0.717) is 5.41 Å². The van der Waals surface area contributed by atoms with Gasteiger partial charge in [-0.15, -0.1) is 0 Å². The van der Waals surface area contributed by atoms with E-state index in [9.17, 15) is 0 Å². The first kappa shape index (κ1) is 24.2. The Morgan fingerprint density at radius 1 is 0.571 bits per heavy atom. The number of piperidine rings is 3. The number of likely N-dealkylation sites (tertiary alicyclic amines) is 1. The third-order valence-corrected chi connectivity index (χ3v) is 18.5. The molecule has 0 radical (unpaired) electrons. The van der Waals surface area contributed by atoms with Crippen LogP contribution in [0.5, 0.6) is 0 Å². The van der Waals surface area contributed by atoms with Crippen molar-refractivity contribution in [3.8, 4) is 0 Å². The molecule has 8 atom stereocenters. The molecule has 8 unspecified atom stereocenters. The molecular formula is C31H55N3Si. The summed E-state index contributed by atoms with van der Waals surface area (Å²) in [7, 11) is -1.33. The molecule has 198 valence electrons. The smallest absolute Gasteiger partial charge is 0.0568 e. The molecule has 4 aliphatic heterocycles. The Kier molecular flexibility index (Phi) is 6.48. The van der Waals surface area contributed by atoms with Crippen LogP contribution in [0.3, 0.4) is 0 Å². The Morgan fingerprint density at radius 2 is 1.06 bits per heavy atom. The zero-order valence-electron chi connectivity index (χ0n) is 23.1. The first-order chi connectivity index (χ1) is 17.1. The molecule has 2 N–H and O–H groups in total. The summed E-state index contributed by atoms with van der Waals surface area (Å²) in [5.74, 6) is 1.89. The Hall–Kier alpha value is 0.0969. The second kappa shape index (κ2) is 9.38. The fourth-order valence-electron chi connectivity index (χ4n) is 12.4. The van der Waals surface area contributed by atoms with Crippen molar-refractivity contribution in [1.82, 2.24) is 15.5 Å². The van der Waals surface area contributed by atoms with Crippen LogP contribution in [0.25, 0.3) is 0 Å². The standard InChI is InChI=1S/C31H55N3Si/c1-35(2)27-18-10-20-32-29(27)31(30-28(35)19-11-21-33-30)23-14-6-8-16-25(23)34(22-12-4-3-5-13-22)26-17-9-7-15-24(26)31/h22-30,32-33H,3-21H2,1-2H3. The molecule has 0 aromatic rings. The van der Waals surface area contributed by atoms with Gasteiger partial charge in [0.15, 0.2) is 0 Å². The number of fused-ring (bicyclic) bond motifs is 8. The van der Waals surface area contributed by atoms with Crippen molar-refractivity contribution >= 4 is 8.07 Å². The molecule has 7 aliphatic rings. The number of nitrogens with one attached hydrogen (secondary N) is 2. The quantitative estimate of drug-likeness (QED) is 0.394. The maximum Gasteiger partial charge on any atom is 0.0568 e. The molecule has 7 rings (SSSR count). The Bertz CT molecular complexity index is 710. The Labute approximate surface area is 217 Å². The molecular weight excluding hydrogens is 442 g/mol. The highest BCUT2D eigenvalue weighted by Gasteiger charge is 2.71. The summed E-state index contributed by atoms with van der Waals surface area (Å²) in [5, 5.41) is 8.81. The van der Waals surface area contributed by atoms with Gasteiger partial charge in [-0.1, -0.05) is 70.9 Å². The van der Waals surface area contributed by atoms with Gasteiger partial charge in [0.05, 0.1) is 8.07 Å². The van der Waals surface area contributed by atoms with Gasteiger partial charge in [-0.25, -0.2) is 0 Å². The van der Waals surface area contributed by atoms with E-state index in [1.807, 2.05) is 0 Å². The second-order valence-corrected chi connectivity index (χ2v) is 20.0. The third-order valence-electron chi connectivity index (χ3n) is 13.4. The van der Waals surface area contributed by atoms with Crippen LogP contribution in [0.4, 0.5) is 0 Å². The lowest BCUT2D eigenvalue weighted by Gasteiger charge is -2.75. The first-order valence-electron chi connectivity index (χ1n) is 16.4. The maximum absolute atomic E-state index is 4.41. The zero-order valence-corrected chi connectivity index (χ0v) is 24.1. The molecule has 0 aromatic heterocycles. The van der Waals surface area contributed by atoms with Gasteiger partial charge >= 0.3 is 0 Å². The highest BCUT2D eigenvalue weighted by atomic mass is 28.3. The van der Waals surface area contributed by atoms with Crippen molar-refractivity contribution in [2.45, 2.75) is 164 Å². The molecule has 1 spiro atoms.